The van der Waals surface area contributed by atoms with Gasteiger partial charge in [0.1, 0.15) is 11.5 Å². The van der Waals surface area contributed by atoms with E-state index in [4.69, 9.17) is 16.7 Å². The zero-order valence-electron chi connectivity index (χ0n) is 10.2. The molecule has 5 nitrogen and oxygen atoms in total. The third-order valence-corrected chi connectivity index (χ3v) is 2.79. The average Bonchev–Trinajstić information content (AvgIpc) is 2.42. The smallest absolute Gasteiger partial charge is 0.337 e. The quantitative estimate of drug-likeness (QED) is 0.913. The summed E-state index contributed by atoms with van der Waals surface area (Å²) in [7, 11) is 0. The third kappa shape index (κ3) is 3.32. The Kier molecular flexibility index (Phi) is 4.13. The summed E-state index contributed by atoms with van der Waals surface area (Å²) in [6.07, 6.45) is 0.986. The molecule has 1 amide bonds. The molecule has 0 aliphatic carbocycles. The number of hydrogen-bond donors (Lipinski definition) is 2. The molecule has 0 aliphatic rings. The molecule has 0 spiro atoms. The molecule has 1 heterocycles. The fraction of sp³-hybridized carbons (Fsp3) is 0. The van der Waals surface area contributed by atoms with Gasteiger partial charge in [0.25, 0.3) is 5.91 Å². The highest BCUT2D eigenvalue weighted by atomic mass is 35.5. The first-order valence-corrected chi connectivity index (χ1v) is 5.91. The standard InChI is InChI=1S/C13H7ClF2N2O3/c14-8-3-7(15)4-9(16)11(8)18-12(19)10-2-1-6(5-17-10)13(20)21/h1-5H,(H,18,19)(H,20,21). The molecule has 108 valence electrons. The molecule has 0 bridgehead atoms. The molecule has 21 heavy (non-hydrogen) atoms. The van der Waals surface area contributed by atoms with Crippen molar-refractivity contribution in [1.29, 1.82) is 0 Å². The number of aromatic nitrogens is 1. The summed E-state index contributed by atoms with van der Waals surface area (Å²) in [5, 5.41) is 10.6. The SMILES string of the molecule is O=C(O)c1ccc(C(=O)Nc2c(F)cc(F)cc2Cl)nc1. The Morgan fingerprint density at radius 3 is 2.48 bits per heavy atom. The molecule has 0 unspecified atom stereocenters. The first kappa shape index (κ1) is 14.9. The summed E-state index contributed by atoms with van der Waals surface area (Å²) in [5.74, 6) is -3.91. The van der Waals surface area contributed by atoms with Gasteiger partial charge in [0.05, 0.1) is 16.3 Å². The molecule has 2 aromatic rings. The molecule has 0 atom stereocenters. The van der Waals surface area contributed by atoms with Crippen molar-refractivity contribution in [3.63, 3.8) is 0 Å². The van der Waals surface area contributed by atoms with Crippen LogP contribution < -0.4 is 5.32 Å². The average molecular weight is 313 g/mol. The van der Waals surface area contributed by atoms with Crippen LogP contribution in [0.15, 0.2) is 30.5 Å². The maximum absolute atomic E-state index is 13.5. The first-order valence-electron chi connectivity index (χ1n) is 5.53. The molecular formula is C13H7ClF2N2O3. The maximum Gasteiger partial charge on any atom is 0.337 e. The Labute approximate surface area is 122 Å². The van der Waals surface area contributed by atoms with Gasteiger partial charge in [-0.2, -0.15) is 0 Å². The Morgan fingerprint density at radius 2 is 1.95 bits per heavy atom. The predicted molar refractivity (Wildman–Crippen MR) is 70.5 cm³/mol. The minimum Gasteiger partial charge on any atom is -0.478 e. The van der Waals surface area contributed by atoms with Crippen LogP contribution in [0.25, 0.3) is 0 Å². The second kappa shape index (κ2) is 5.84. The largest absolute Gasteiger partial charge is 0.478 e. The molecule has 0 aliphatic heterocycles. The highest BCUT2D eigenvalue weighted by molar-refractivity contribution is 6.33. The number of benzene rings is 1. The second-order valence-electron chi connectivity index (χ2n) is 3.94. The van der Waals surface area contributed by atoms with E-state index in [0.717, 1.165) is 18.3 Å². The Hall–Kier alpha value is -2.54. The Bertz CT molecular complexity index is 697. The van der Waals surface area contributed by atoms with E-state index in [0.29, 0.717) is 6.07 Å². The van der Waals surface area contributed by atoms with Crippen molar-refractivity contribution in [2.75, 3.05) is 5.32 Å². The number of nitrogens with zero attached hydrogens (tertiary/aromatic N) is 1. The summed E-state index contributed by atoms with van der Waals surface area (Å²) >= 11 is 5.64. The fourth-order valence-electron chi connectivity index (χ4n) is 1.49. The Morgan fingerprint density at radius 1 is 1.24 bits per heavy atom. The summed E-state index contributed by atoms with van der Waals surface area (Å²) in [6.45, 7) is 0. The number of hydrogen-bond acceptors (Lipinski definition) is 3. The molecule has 2 rings (SSSR count). The summed E-state index contributed by atoms with van der Waals surface area (Å²) < 4.78 is 26.4. The van der Waals surface area contributed by atoms with E-state index in [-0.39, 0.29) is 22.0 Å². The number of carboxylic acid groups (broad SMARTS) is 1. The van der Waals surface area contributed by atoms with Crippen molar-refractivity contribution >= 4 is 29.2 Å². The molecular weight excluding hydrogens is 306 g/mol. The van der Waals surface area contributed by atoms with Crippen molar-refractivity contribution in [3.8, 4) is 0 Å². The lowest BCUT2D eigenvalue weighted by Gasteiger charge is -2.08. The zero-order chi connectivity index (χ0) is 15.6. The first-order chi connectivity index (χ1) is 9.88. The summed E-state index contributed by atoms with van der Waals surface area (Å²) in [6, 6.07) is 3.75. The van der Waals surface area contributed by atoms with E-state index >= 15 is 0 Å². The van der Waals surface area contributed by atoms with Crippen LogP contribution in [0.3, 0.4) is 0 Å². The van der Waals surface area contributed by atoms with Gasteiger partial charge in [0.2, 0.25) is 0 Å². The van der Waals surface area contributed by atoms with Gasteiger partial charge in [-0.15, -0.1) is 0 Å². The van der Waals surface area contributed by atoms with Crippen molar-refractivity contribution < 1.29 is 23.5 Å². The number of anilines is 1. The maximum atomic E-state index is 13.5. The molecule has 2 N–H and O–H groups in total. The topological polar surface area (TPSA) is 79.3 Å². The predicted octanol–water partition coefficient (Wildman–Crippen LogP) is 2.96. The van der Waals surface area contributed by atoms with Crippen molar-refractivity contribution in [2.45, 2.75) is 0 Å². The summed E-state index contributed by atoms with van der Waals surface area (Å²) in [4.78, 5) is 26.1. The molecule has 0 fully saturated rings. The van der Waals surface area contributed by atoms with Crippen LogP contribution in [0, 0.1) is 11.6 Å². The lowest BCUT2D eigenvalue weighted by Crippen LogP contribution is -2.15. The Balaban J connectivity index is 2.24. The third-order valence-electron chi connectivity index (χ3n) is 2.49. The van der Waals surface area contributed by atoms with E-state index in [1.165, 1.54) is 6.07 Å². The number of amides is 1. The van der Waals surface area contributed by atoms with Gasteiger partial charge in [0, 0.05) is 12.3 Å². The lowest BCUT2D eigenvalue weighted by molar-refractivity contribution is 0.0696. The monoisotopic (exact) mass is 312 g/mol. The van der Waals surface area contributed by atoms with Crippen LogP contribution in [0.1, 0.15) is 20.8 Å². The second-order valence-corrected chi connectivity index (χ2v) is 4.34. The van der Waals surface area contributed by atoms with E-state index in [1.807, 2.05) is 0 Å². The number of nitrogens with one attached hydrogen (secondary N) is 1. The number of carboxylic acids is 1. The van der Waals surface area contributed by atoms with Crippen LogP contribution in [0.5, 0.6) is 0 Å². The van der Waals surface area contributed by atoms with Crippen molar-refractivity contribution in [1.82, 2.24) is 4.98 Å². The number of aromatic carboxylic acids is 1. The van der Waals surface area contributed by atoms with Gasteiger partial charge in [0.15, 0.2) is 5.82 Å². The number of carbonyl (C=O) groups excluding carboxylic acids is 1. The molecule has 8 heteroatoms. The van der Waals surface area contributed by atoms with Gasteiger partial charge >= 0.3 is 5.97 Å². The van der Waals surface area contributed by atoms with Gasteiger partial charge in [-0.1, -0.05) is 11.6 Å². The minimum atomic E-state index is -1.19. The molecule has 0 saturated heterocycles. The zero-order valence-corrected chi connectivity index (χ0v) is 11.0. The van der Waals surface area contributed by atoms with Crippen LogP contribution in [0.4, 0.5) is 14.5 Å². The van der Waals surface area contributed by atoms with E-state index in [2.05, 4.69) is 10.3 Å². The van der Waals surface area contributed by atoms with Crippen LogP contribution in [-0.2, 0) is 0 Å². The summed E-state index contributed by atoms with van der Waals surface area (Å²) in [5.41, 5.74) is -0.621. The normalized spacial score (nSPS) is 10.2. The van der Waals surface area contributed by atoms with Crippen LogP contribution >= 0.6 is 11.6 Å². The molecule has 0 saturated carbocycles. The lowest BCUT2D eigenvalue weighted by atomic mass is 10.2. The van der Waals surface area contributed by atoms with E-state index < -0.39 is 23.5 Å². The van der Waals surface area contributed by atoms with Gasteiger partial charge in [-0.05, 0) is 18.2 Å². The number of carbonyl (C=O) groups is 2. The fourth-order valence-corrected chi connectivity index (χ4v) is 1.74. The van der Waals surface area contributed by atoms with Crippen molar-refractivity contribution in [2.24, 2.45) is 0 Å². The highest BCUT2D eigenvalue weighted by Gasteiger charge is 2.15. The molecule has 1 aromatic heterocycles. The molecule has 1 aromatic carbocycles. The number of pyridine rings is 1. The highest BCUT2D eigenvalue weighted by Crippen LogP contribution is 2.26. The van der Waals surface area contributed by atoms with Gasteiger partial charge in [-0.25, -0.2) is 13.6 Å². The number of rotatable bonds is 3. The van der Waals surface area contributed by atoms with E-state index in [1.54, 1.807) is 0 Å². The van der Waals surface area contributed by atoms with Crippen LogP contribution in [0.2, 0.25) is 5.02 Å². The van der Waals surface area contributed by atoms with E-state index in [9.17, 15) is 18.4 Å². The van der Waals surface area contributed by atoms with Crippen LogP contribution in [-0.4, -0.2) is 22.0 Å². The number of halogens is 3. The van der Waals surface area contributed by atoms with Gasteiger partial charge in [-0.3, -0.25) is 9.78 Å². The molecule has 0 radical (unpaired) electrons. The minimum absolute atomic E-state index is 0.0995. The van der Waals surface area contributed by atoms with Crippen molar-refractivity contribution in [3.05, 3.63) is 58.4 Å². The van der Waals surface area contributed by atoms with Gasteiger partial charge < -0.3 is 10.4 Å².